The van der Waals surface area contributed by atoms with Crippen LogP contribution in [-0.4, -0.2) is 66.3 Å². The summed E-state index contributed by atoms with van der Waals surface area (Å²) in [5.74, 6) is -0.456. The Morgan fingerprint density at radius 1 is 1.26 bits per heavy atom. The monoisotopic (exact) mass is 468 g/mol. The molecule has 1 amide bonds. The quantitative estimate of drug-likeness (QED) is 0.437. The lowest BCUT2D eigenvalue weighted by Gasteiger charge is -2.27. The van der Waals surface area contributed by atoms with Crippen molar-refractivity contribution in [1.29, 1.82) is 0 Å². The van der Waals surface area contributed by atoms with E-state index >= 15 is 0 Å². The molecule has 180 valence electrons. The van der Waals surface area contributed by atoms with Crippen LogP contribution in [0.3, 0.4) is 0 Å². The van der Waals surface area contributed by atoms with Crippen molar-refractivity contribution in [3.63, 3.8) is 0 Å². The van der Waals surface area contributed by atoms with Gasteiger partial charge >= 0.3 is 13.1 Å². The second-order valence-corrected chi connectivity index (χ2v) is 8.75. The molecule has 2 aliphatic rings. The van der Waals surface area contributed by atoms with Gasteiger partial charge in [0.2, 0.25) is 0 Å². The van der Waals surface area contributed by atoms with Gasteiger partial charge in [0.15, 0.2) is 0 Å². The summed E-state index contributed by atoms with van der Waals surface area (Å²) in [6.45, 7) is 8.39. The summed E-state index contributed by atoms with van der Waals surface area (Å²) in [5.41, 5.74) is 2.99. The number of esters is 1. The van der Waals surface area contributed by atoms with Gasteiger partial charge in [-0.15, -0.1) is 0 Å². The van der Waals surface area contributed by atoms with Crippen molar-refractivity contribution >= 4 is 30.3 Å². The van der Waals surface area contributed by atoms with Gasteiger partial charge in [-0.25, -0.2) is 9.78 Å². The second-order valence-electron chi connectivity index (χ2n) is 8.75. The van der Waals surface area contributed by atoms with Crippen LogP contribution in [0, 0.1) is 12.8 Å². The minimum absolute atomic E-state index is 0.0511. The first kappa shape index (κ1) is 24.1. The van der Waals surface area contributed by atoms with Gasteiger partial charge in [0, 0.05) is 18.7 Å². The highest BCUT2D eigenvalue weighted by Gasteiger charge is 2.32. The summed E-state index contributed by atoms with van der Waals surface area (Å²) in [6, 6.07) is 2.59. The highest BCUT2D eigenvalue weighted by atomic mass is 16.5. The van der Waals surface area contributed by atoms with Gasteiger partial charge in [0.25, 0.3) is 5.91 Å². The predicted molar refractivity (Wildman–Crippen MR) is 125 cm³/mol. The van der Waals surface area contributed by atoms with Crippen LogP contribution >= 0.6 is 0 Å². The van der Waals surface area contributed by atoms with Crippen LogP contribution in [0.4, 0.5) is 5.82 Å². The van der Waals surface area contributed by atoms with Crippen LogP contribution in [0.5, 0.6) is 0 Å². The fraction of sp³-hybridized carbons (Fsp3) is 0.478. The summed E-state index contributed by atoms with van der Waals surface area (Å²) >= 11 is 0. The molecule has 0 saturated carbocycles. The van der Waals surface area contributed by atoms with E-state index in [4.69, 9.17) is 14.1 Å². The number of aromatic nitrogens is 2. The zero-order valence-corrected chi connectivity index (χ0v) is 19.6. The molecule has 3 heterocycles. The van der Waals surface area contributed by atoms with E-state index in [2.05, 4.69) is 20.2 Å². The van der Waals surface area contributed by atoms with Gasteiger partial charge in [-0.05, 0) is 35.5 Å². The van der Waals surface area contributed by atoms with Crippen LogP contribution in [0.2, 0.25) is 0 Å². The molecule has 11 heteroatoms. The first-order valence-corrected chi connectivity index (χ1v) is 11.4. The van der Waals surface area contributed by atoms with Crippen LogP contribution in [-0.2, 0) is 32.1 Å². The van der Waals surface area contributed by atoms with Crippen molar-refractivity contribution in [1.82, 2.24) is 15.3 Å². The summed E-state index contributed by atoms with van der Waals surface area (Å²) < 4.78 is 16.1. The molecule has 1 aromatic heterocycles. The summed E-state index contributed by atoms with van der Waals surface area (Å²) in [6.07, 6.45) is 3.23. The topological polar surface area (TPSA) is 123 Å². The number of hydrogen-bond acceptors (Lipinski definition) is 9. The van der Waals surface area contributed by atoms with E-state index in [0.29, 0.717) is 47.9 Å². The van der Waals surface area contributed by atoms with Crippen molar-refractivity contribution in [2.75, 3.05) is 31.2 Å². The predicted octanol–water partition coefficient (Wildman–Crippen LogP) is 0.337. The number of anilines is 1. The molecule has 1 unspecified atom stereocenters. The Labute approximate surface area is 198 Å². The Kier molecular flexibility index (Phi) is 7.45. The van der Waals surface area contributed by atoms with Crippen LogP contribution < -0.4 is 15.7 Å². The van der Waals surface area contributed by atoms with Gasteiger partial charge in [-0.3, -0.25) is 9.78 Å². The first-order valence-electron chi connectivity index (χ1n) is 11.4. The molecule has 1 fully saturated rings. The van der Waals surface area contributed by atoms with Gasteiger partial charge in [0.1, 0.15) is 18.5 Å². The van der Waals surface area contributed by atoms with Gasteiger partial charge < -0.3 is 29.4 Å². The van der Waals surface area contributed by atoms with Crippen molar-refractivity contribution < 1.29 is 28.7 Å². The molecule has 1 saturated heterocycles. The summed E-state index contributed by atoms with van der Waals surface area (Å²) in [5, 5.41) is 12.8. The highest BCUT2D eigenvalue weighted by molar-refractivity contribution is 6.62. The molecule has 0 spiro atoms. The Hall–Kier alpha value is -3.02. The number of amides is 1. The maximum absolute atomic E-state index is 13.0. The molecule has 2 aromatic rings. The Morgan fingerprint density at radius 2 is 2.03 bits per heavy atom. The number of carbonyl (C=O) groups is 2. The lowest BCUT2D eigenvalue weighted by atomic mass is 9.75. The van der Waals surface area contributed by atoms with E-state index < -0.39 is 25.0 Å². The lowest BCUT2D eigenvalue weighted by Crippen LogP contribution is -2.46. The standard InChI is InChI=1S/C23H29BN4O6/c1-14(2)21(27-22(29)18-5-4-16-12-34-24(31)20(16)15(18)3)23(30)33-13-17-10-25-11-19(26-17)28-6-8-32-9-7-28/h4-5,10-11,14,21,31H,6-9,12-13H2,1-3H3,(H,27,29). The summed E-state index contributed by atoms with van der Waals surface area (Å²) in [4.78, 5) is 36.7. The van der Waals surface area contributed by atoms with Crippen molar-refractivity contribution in [2.24, 2.45) is 5.92 Å². The Morgan fingerprint density at radius 3 is 2.76 bits per heavy atom. The SMILES string of the molecule is Cc1c(C(=O)NC(C(=O)OCc2cncc(N3CCOCC3)n2)C(C)C)ccc2c1B(O)OC2. The Bertz CT molecular complexity index is 1060. The molecular formula is C23H29BN4O6. The molecule has 34 heavy (non-hydrogen) atoms. The van der Waals surface area contributed by atoms with E-state index in [1.807, 2.05) is 13.8 Å². The minimum Gasteiger partial charge on any atom is -0.458 e. The number of carbonyl (C=O) groups excluding carboxylic acids is 2. The van der Waals surface area contributed by atoms with Crippen LogP contribution in [0.25, 0.3) is 0 Å². The normalized spacial score (nSPS) is 16.4. The average Bonchev–Trinajstić information content (AvgIpc) is 3.23. The number of nitrogens with one attached hydrogen (secondary N) is 1. The number of nitrogens with zero attached hydrogens (tertiary/aromatic N) is 3. The molecule has 4 rings (SSSR count). The molecule has 1 atom stereocenters. The van der Waals surface area contributed by atoms with E-state index in [1.165, 1.54) is 0 Å². The average molecular weight is 468 g/mol. The van der Waals surface area contributed by atoms with Crippen LogP contribution in [0.15, 0.2) is 24.5 Å². The number of rotatable bonds is 7. The van der Waals surface area contributed by atoms with Crippen LogP contribution in [0.1, 0.15) is 41.0 Å². The Balaban J connectivity index is 1.41. The van der Waals surface area contributed by atoms with E-state index in [1.54, 1.807) is 31.5 Å². The smallest absolute Gasteiger partial charge is 0.458 e. The maximum atomic E-state index is 13.0. The number of benzene rings is 1. The van der Waals surface area contributed by atoms with E-state index in [9.17, 15) is 14.6 Å². The van der Waals surface area contributed by atoms with Gasteiger partial charge in [-0.2, -0.15) is 0 Å². The van der Waals surface area contributed by atoms with Crippen molar-refractivity contribution in [3.8, 4) is 0 Å². The molecule has 1 aromatic carbocycles. The highest BCUT2D eigenvalue weighted by Crippen LogP contribution is 2.17. The number of morpholine rings is 1. The fourth-order valence-corrected chi connectivity index (χ4v) is 4.11. The molecule has 10 nitrogen and oxygen atoms in total. The third-order valence-corrected chi connectivity index (χ3v) is 6.07. The third-order valence-electron chi connectivity index (χ3n) is 6.07. The molecular weight excluding hydrogens is 439 g/mol. The van der Waals surface area contributed by atoms with Crippen molar-refractivity contribution in [3.05, 3.63) is 46.9 Å². The fourth-order valence-electron chi connectivity index (χ4n) is 4.11. The zero-order valence-electron chi connectivity index (χ0n) is 19.6. The van der Waals surface area contributed by atoms with E-state index in [-0.39, 0.29) is 12.5 Å². The van der Waals surface area contributed by atoms with Gasteiger partial charge in [-0.1, -0.05) is 19.9 Å². The molecule has 2 aliphatic heterocycles. The third kappa shape index (κ3) is 5.21. The minimum atomic E-state index is -1.05. The summed E-state index contributed by atoms with van der Waals surface area (Å²) in [7, 11) is -1.05. The van der Waals surface area contributed by atoms with E-state index in [0.717, 1.165) is 18.7 Å². The zero-order chi connectivity index (χ0) is 24.2. The van der Waals surface area contributed by atoms with Crippen molar-refractivity contribution in [2.45, 2.75) is 40.0 Å². The second kappa shape index (κ2) is 10.5. The largest absolute Gasteiger partial charge is 0.492 e. The molecule has 0 radical (unpaired) electrons. The maximum Gasteiger partial charge on any atom is 0.492 e. The first-order chi connectivity index (χ1) is 16.3. The number of hydrogen-bond donors (Lipinski definition) is 2. The number of ether oxygens (including phenoxy) is 2. The van der Waals surface area contributed by atoms with Gasteiger partial charge in [0.05, 0.1) is 37.9 Å². The molecule has 2 N–H and O–H groups in total. The molecule has 0 aliphatic carbocycles. The molecule has 0 bridgehead atoms. The lowest BCUT2D eigenvalue weighted by molar-refractivity contribution is -0.148. The number of fused-ring (bicyclic) bond motifs is 1.